The maximum atomic E-state index is 4.29. The Labute approximate surface area is 466 Å². The minimum atomic E-state index is 0. The van der Waals surface area contributed by atoms with E-state index in [1.807, 2.05) is 147 Å². The molecule has 14 nitrogen and oxygen atoms in total. The number of hydrogen-bond donors (Lipinski definition) is 1. The van der Waals surface area contributed by atoms with E-state index in [-0.39, 0.29) is 41.9 Å². The summed E-state index contributed by atoms with van der Waals surface area (Å²) in [5.41, 5.74) is 12.2. The lowest BCUT2D eigenvalue weighted by molar-refractivity contribution is 0.546. The summed E-state index contributed by atoms with van der Waals surface area (Å²) in [6.45, 7) is 52.7. The SMILES string of the molecule is C.C.CC.CC.CC.CC.CC.CC(C)(C)c1ccnc2cccn12.CC(C)(C)c1ccnc2cccn12.CC(C)(C)c1ccnc2ccnn12.CC(C)(C)c1ccnn2ccnc12.CC(C)(C)c1ncnc2nc[nH]c12. The van der Waals surface area contributed by atoms with Crippen molar-refractivity contribution in [2.75, 3.05) is 0 Å². The van der Waals surface area contributed by atoms with Gasteiger partial charge in [0.25, 0.3) is 0 Å². The number of H-pyrrole nitrogens is 1. The molecular weight excluding hydrogens is 953 g/mol. The van der Waals surface area contributed by atoms with Crippen LogP contribution in [-0.4, -0.2) is 67.9 Å². The fourth-order valence-electron chi connectivity index (χ4n) is 7.27. The molecule has 10 heterocycles. The largest absolute Gasteiger partial charge is 0.342 e. The first-order valence-corrected chi connectivity index (χ1v) is 27.0. The van der Waals surface area contributed by atoms with Crippen LogP contribution in [-0.2, 0) is 27.1 Å². The third kappa shape index (κ3) is 20.6. The zero-order chi connectivity index (χ0) is 57.4. The average Bonchev–Trinajstić information content (AvgIpc) is 4.26. The minimum Gasteiger partial charge on any atom is -0.342 e. The molecule has 426 valence electrons. The second kappa shape index (κ2) is 33.4. The first kappa shape index (κ1) is 72.2. The van der Waals surface area contributed by atoms with Crippen molar-refractivity contribution in [1.82, 2.24) is 67.9 Å². The fraction of sp³-hybridized carbons (Fsp3) is 0.508. The van der Waals surface area contributed by atoms with Crippen LogP contribution in [0.3, 0.4) is 0 Å². The van der Waals surface area contributed by atoms with Gasteiger partial charge in [0.1, 0.15) is 23.1 Å². The van der Waals surface area contributed by atoms with Gasteiger partial charge in [-0.25, -0.2) is 43.9 Å². The molecule has 0 saturated carbocycles. The second-order valence-corrected chi connectivity index (χ2v) is 21.1. The molecule has 0 unspecified atom stereocenters. The first-order valence-electron chi connectivity index (χ1n) is 27.0. The van der Waals surface area contributed by atoms with E-state index in [2.05, 4.69) is 187 Å². The molecule has 77 heavy (non-hydrogen) atoms. The van der Waals surface area contributed by atoms with Crippen molar-refractivity contribution in [3.63, 3.8) is 0 Å². The third-order valence-electron chi connectivity index (χ3n) is 10.5. The number of aromatic nitrogens is 14. The van der Waals surface area contributed by atoms with E-state index < -0.39 is 0 Å². The average molecular weight is 1060 g/mol. The predicted molar refractivity (Wildman–Crippen MR) is 332 cm³/mol. The molecule has 0 fully saturated rings. The standard InChI is InChI=1S/2C11H14N2.2C10H13N3.C9H12N4.5C2H6.2CH4/c2*1-11(2,3)9-6-7-12-10-5-4-8-13(9)10;1-10(2,3)8-4-6-11-9-5-7-12-13(8)9;1-10(2,3)8-4-5-12-13-7-6-11-9(8)13;1-9(2,3)7-6-8(12-4-10-6)13-5-11-7;5*1-2;;/h2*4-8H,1-3H3;2*4-7H,1-3H3;4-5H,1-3H3,(H,10,11,12,13);5*1-2H3;2*1H4. The number of imidazole rings is 2. The summed E-state index contributed by atoms with van der Waals surface area (Å²) in [6.07, 6.45) is 20.1. The summed E-state index contributed by atoms with van der Waals surface area (Å²) in [5.74, 6) is 0. The maximum absolute atomic E-state index is 4.29. The predicted octanol–water partition coefficient (Wildman–Crippen LogP) is 17.4. The summed E-state index contributed by atoms with van der Waals surface area (Å²) in [5, 5.41) is 8.41. The maximum Gasteiger partial charge on any atom is 0.180 e. The van der Waals surface area contributed by atoms with Crippen LogP contribution >= 0.6 is 0 Å². The van der Waals surface area contributed by atoms with E-state index in [0.717, 1.165) is 39.4 Å². The van der Waals surface area contributed by atoms with Crippen molar-refractivity contribution >= 4 is 33.8 Å². The van der Waals surface area contributed by atoms with Gasteiger partial charge in [-0.15, -0.1) is 0 Å². The molecule has 0 bridgehead atoms. The van der Waals surface area contributed by atoms with Crippen molar-refractivity contribution in [2.45, 2.75) is 215 Å². The van der Waals surface area contributed by atoms with Gasteiger partial charge in [0, 0.05) is 94.3 Å². The summed E-state index contributed by atoms with van der Waals surface area (Å²) in [4.78, 5) is 32.5. The number of nitrogens with zero attached hydrogens (tertiary/aromatic N) is 13. The summed E-state index contributed by atoms with van der Waals surface area (Å²) >= 11 is 0. The van der Waals surface area contributed by atoms with Gasteiger partial charge < -0.3 is 13.8 Å². The van der Waals surface area contributed by atoms with Crippen LogP contribution in [0, 0.1) is 0 Å². The monoisotopic (exact) mass is 1060 g/mol. The molecule has 14 heteroatoms. The van der Waals surface area contributed by atoms with Gasteiger partial charge in [-0.1, -0.05) is 188 Å². The van der Waals surface area contributed by atoms with Crippen LogP contribution in [0.4, 0.5) is 0 Å². The lowest BCUT2D eigenvalue weighted by Crippen LogP contribution is -2.17. The highest BCUT2D eigenvalue weighted by atomic mass is 15.3. The van der Waals surface area contributed by atoms with E-state index in [1.165, 1.54) is 22.6 Å². The van der Waals surface area contributed by atoms with Crippen LogP contribution in [0.15, 0.2) is 123 Å². The molecule has 0 aromatic carbocycles. The molecule has 0 saturated heterocycles. The number of hydrogen-bond acceptors (Lipinski definition) is 9. The molecule has 10 rings (SSSR count). The Morgan fingerprint density at radius 1 is 0.390 bits per heavy atom. The van der Waals surface area contributed by atoms with E-state index in [9.17, 15) is 0 Å². The molecule has 0 radical (unpaired) electrons. The molecule has 1 N–H and O–H groups in total. The van der Waals surface area contributed by atoms with Crippen molar-refractivity contribution in [2.24, 2.45) is 0 Å². The van der Waals surface area contributed by atoms with E-state index in [1.54, 1.807) is 29.6 Å². The third-order valence-corrected chi connectivity index (χ3v) is 10.5. The zero-order valence-electron chi connectivity index (χ0n) is 50.9. The zero-order valence-corrected chi connectivity index (χ0v) is 50.9. The normalized spacial score (nSPS) is 10.7. The molecule has 0 aliphatic rings. The van der Waals surface area contributed by atoms with E-state index in [4.69, 9.17) is 0 Å². The topological polar surface area (TPSA) is 149 Å². The van der Waals surface area contributed by atoms with Crippen molar-refractivity contribution in [1.29, 1.82) is 0 Å². The summed E-state index contributed by atoms with van der Waals surface area (Å²) < 4.78 is 7.97. The van der Waals surface area contributed by atoms with Crippen molar-refractivity contribution in [3.05, 3.63) is 151 Å². The Balaban J connectivity index is 0. The highest BCUT2D eigenvalue weighted by molar-refractivity contribution is 5.73. The van der Waals surface area contributed by atoms with Gasteiger partial charge in [0.2, 0.25) is 0 Å². The fourth-order valence-corrected chi connectivity index (χ4v) is 7.27. The Morgan fingerprint density at radius 3 is 1.30 bits per heavy atom. The van der Waals surface area contributed by atoms with Gasteiger partial charge in [0.05, 0.1) is 23.9 Å². The van der Waals surface area contributed by atoms with Crippen LogP contribution in [0.5, 0.6) is 0 Å². The molecular formula is C63H104N14. The van der Waals surface area contributed by atoms with Gasteiger partial charge in [0.15, 0.2) is 16.9 Å². The van der Waals surface area contributed by atoms with Gasteiger partial charge in [-0.2, -0.15) is 10.2 Å². The number of aromatic amines is 1. The Bertz CT molecular complexity index is 2600. The number of fused-ring (bicyclic) bond motifs is 5. The lowest BCUT2D eigenvalue weighted by Gasteiger charge is -2.20. The quantitative estimate of drug-likeness (QED) is 0.157. The van der Waals surface area contributed by atoms with Gasteiger partial charge in [-0.3, -0.25) is 0 Å². The number of rotatable bonds is 0. The van der Waals surface area contributed by atoms with Crippen LogP contribution < -0.4 is 0 Å². The lowest BCUT2D eigenvalue weighted by atomic mass is 9.88. The molecule has 0 spiro atoms. The Hall–Kier alpha value is -6.83. The molecule has 0 amide bonds. The van der Waals surface area contributed by atoms with E-state index >= 15 is 0 Å². The van der Waals surface area contributed by atoms with Crippen LogP contribution in [0.1, 0.15) is 216 Å². The molecule has 10 aromatic rings. The molecule has 10 aromatic heterocycles. The Morgan fingerprint density at radius 2 is 0.844 bits per heavy atom. The first-order chi connectivity index (χ1) is 35.4. The van der Waals surface area contributed by atoms with Gasteiger partial charge >= 0.3 is 0 Å². The second-order valence-electron chi connectivity index (χ2n) is 21.1. The summed E-state index contributed by atoms with van der Waals surface area (Å²) in [7, 11) is 0. The molecule has 0 aliphatic carbocycles. The molecule has 0 aliphatic heterocycles. The highest BCUT2D eigenvalue weighted by Crippen LogP contribution is 2.27. The molecule has 0 atom stereocenters. The van der Waals surface area contributed by atoms with Crippen LogP contribution in [0.2, 0.25) is 0 Å². The minimum absolute atomic E-state index is 0. The van der Waals surface area contributed by atoms with Crippen molar-refractivity contribution < 1.29 is 0 Å². The van der Waals surface area contributed by atoms with Gasteiger partial charge in [-0.05, 0) is 53.9 Å². The number of nitrogens with one attached hydrogen (secondary N) is 1. The smallest absolute Gasteiger partial charge is 0.180 e. The highest BCUT2D eigenvalue weighted by Gasteiger charge is 2.21. The van der Waals surface area contributed by atoms with E-state index in [0.29, 0.717) is 0 Å². The van der Waals surface area contributed by atoms with Crippen molar-refractivity contribution in [3.8, 4) is 0 Å². The Kier molecular flexibility index (Phi) is 31.3. The summed E-state index contributed by atoms with van der Waals surface area (Å²) in [6, 6.07) is 18.2. The van der Waals surface area contributed by atoms with Crippen LogP contribution in [0.25, 0.3) is 33.8 Å².